The van der Waals surface area contributed by atoms with E-state index in [1.807, 2.05) is 0 Å². The Labute approximate surface area is 161 Å². The molecular weight excluding hydrogens is 433 g/mol. The Morgan fingerprint density at radius 1 is 1.35 bits per heavy atom. The predicted octanol–water partition coefficient (Wildman–Crippen LogP) is 3.86. The number of nitrogens with one attached hydrogen (secondary N) is 1. The van der Waals surface area contributed by atoms with Gasteiger partial charge < -0.3 is 10.2 Å². The number of carbonyl (C=O) groups is 2. The number of nitrogens with zero attached hydrogens (tertiary/aromatic N) is 2. The quantitative estimate of drug-likeness (QED) is 0.560. The summed E-state index contributed by atoms with van der Waals surface area (Å²) < 4.78 is 13.9. The number of non-ortho nitro benzene ring substituents is 1. The molecule has 0 heterocycles. The Kier molecular flexibility index (Phi) is 6.27. The van der Waals surface area contributed by atoms with Crippen molar-refractivity contribution in [2.45, 2.75) is 0 Å². The Morgan fingerprint density at radius 3 is 2.65 bits per heavy atom. The van der Waals surface area contributed by atoms with E-state index in [-0.39, 0.29) is 11.0 Å². The third kappa shape index (κ3) is 4.77. The van der Waals surface area contributed by atoms with Crippen LogP contribution in [0.25, 0.3) is 0 Å². The maximum atomic E-state index is 14.2. The highest BCUT2D eigenvalue weighted by Gasteiger charge is 2.24. The Morgan fingerprint density at radius 2 is 2.04 bits per heavy atom. The van der Waals surface area contributed by atoms with Crippen LogP contribution >= 0.6 is 27.5 Å². The van der Waals surface area contributed by atoms with Crippen molar-refractivity contribution in [3.63, 3.8) is 0 Å². The second-order valence-corrected chi connectivity index (χ2v) is 6.56. The lowest BCUT2D eigenvalue weighted by Gasteiger charge is -2.17. The summed E-state index contributed by atoms with van der Waals surface area (Å²) in [6.45, 7) is -0.384. The Hall–Kier alpha value is -2.52. The molecule has 0 atom stereocenters. The first kappa shape index (κ1) is 19.8. The van der Waals surface area contributed by atoms with Crippen LogP contribution in [0.2, 0.25) is 5.02 Å². The first-order chi connectivity index (χ1) is 12.2. The van der Waals surface area contributed by atoms with Crippen LogP contribution in [0.4, 0.5) is 15.8 Å². The molecule has 0 saturated heterocycles. The van der Waals surface area contributed by atoms with Gasteiger partial charge in [0.15, 0.2) is 5.82 Å². The normalized spacial score (nSPS) is 10.3. The van der Waals surface area contributed by atoms with E-state index >= 15 is 0 Å². The van der Waals surface area contributed by atoms with Gasteiger partial charge in [-0.15, -0.1) is 0 Å². The molecule has 2 aromatic rings. The fourth-order valence-electron chi connectivity index (χ4n) is 2.10. The zero-order chi connectivity index (χ0) is 19.4. The van der Waals surface area contributed by atoms with Crippen LogP contribution < -0.4 is 5.32 Å². The summed E-state index contributed by atoms with van der Waals surface area (Å²) in [6, 6.07) is 8.20. The molecule has 2 aromatic carbocycles. The molecule has 0 spiro atoms. The highest BCUT2D eigenvalue weighted by atomic mass is 79.9. The van der Waals surface area contributed by atoms with E-state index in [9.17, 15) is 24.1 Å². The van der Waals surface area contributed by atoms with E-state index in [0.29, 0.717) is 10.7 Å². The molecule has 0 aliphatic carbocycles. The summed E-state index contributed by atoms with van der Waals surface area (Å²) in [6.07, 6.45) is 0. The van der Waals surface area contributed by atoms with Crippen molar-refractivity contribution < 1.29 is 18.9 Å². The third-order valence-corrected chi connectivity index (χ3v) is 4.10. The van der Waals surface area contributed by atoms with Gasteiger partial charge >= 0.3 is 0 Å². The van der Waals surface area contributed by atoms with Gasteiger partial charge in [-0.3, -0.25) is 19.7 Å². The number of benzene rings is 2. The fraction of sp³-hybridized carbons (Fsp3) is 0.125. The van der Waals surface area contributed by atoms with E-state index in [4.69, 9.17) is 11.6 Å². The van der Waals surface area contributed by atoms with E-state index in [2.05, 4.69) is 21.2 Å². The zero-order valence-electron chi connectivity index (χ0n) is 13.3. The van der Waals surface area contributed by atoms with Gasteiger partial charge in [-0.25, -0.2) is 4.39 Å². The second kappa shape index (κ2) is 8.24. The molecule has 1 N–H and O–H groups in total. The Bertz CT molecular complexity index is 894. The number of nitro benzene ring substituents is 1. The number of nitro groups is 1. The van der Waals surface area contributed by atoms with Crippen molar-refractivity contribution in [1.29, 1.82) is 0 Å². The molecule has 26 heavy (non-hydrogen) atoms. The topological polar surface area (TPSA) is 92.6 Å². The molecule has 2 rings (SSSR count). The number of rotatable bonds is 5. The van der Waals surface area contributed by atoms with Crippen LogP contribution in [0.3, 0.4) is 0 Å². The monoisotopic (exact) mass is 443 g/mol. The average Bonchev–Trinajstić information content (AvgIpc) is 2.56. The largest absolute Gasteiger partial charge is 0.332 e. The second-order valence-electron chi connectivity index (χ2n) is 5.27. The summed E-state index contributed by atoms with van der Waals surface area (Å²) in [5.74, 6) is -2.34. The van der Waals surface area contributed by atoms with Crippen LogP contribution in [0.1, 0.15) is 10.4 Å². The van der Waals surface area contributed by atoms with Crippen LogP contribution in [-0.2, 0) is 4.79 Å². The van der Waals surface area contributed by atoms with Crippen molar-refractivity contribution in [1.82, 2.24) is 4.90 Å². The summed E-state index contributed by atoms with van der Waals surface area (Å²) in [7, 11) is 1.28. The minimum Gasteiger partial charge on any atom is -0.332 e. The van der Waals surface area contributed by atoms with Gasteiger partial charge in [-0.05, 0) is 34.1 Å². The molecule has 0 unspecified atom stereocenters. The lowest BCUT2D eigenvalue weighted by Crippen LogP contribution is -2.35. The summed E-state index contributed by atoms with van der Waals surface area (Å²) in [5.41, 5.74) is -0.518. The van der Waals surface area contributed by atoms with Crippen molar-refractivity contribution >= 4 is 50.7 Å². The molecule has 7 nitrogen and oxygen atoms in total. The molecule has 2 amide bonds. The van der Waals surface area contributed by atoms with Crippen molar-refractivity contribution in [3.05, 3.63) is 67.4 Å². The smallest absolute Gasteiger partial charge is 0.271 e. The Balaban J connectivity index is 2.14. The molecule has 0 aromatic heterocycles. The summed E-state index contributed by atoms with van der Waals surface area (Å²) in [4.78, 5) is 35.5. The molecule has 0 fully saturated rings. The maximum absolute atomic E-state index is 14.2. The molecule has 0 radical (unpaired) electrons. The first-order valence-corrected chi connectivity index (χ1v) is 8.30. The van der Waals surface area contributed by atoms with Gasteiger partial charge in [0.1, 0.15) is 0 Å². The minimum atomic E-state index is -0.942. The van der Waals surface area contributed by atoms with Crippen molar-refractivity contribution in [2.24, 2.45) is 0 Å². The number of amides is 2. The van der Waals surface area contributed by atoms with Crippen molar-refractivity contribution in [3.8, 4) is 0 Å². The highest BCUT2D eigenvalue weighted by molar-refractivity contribution is 9.10. The number of hydrogen-bond donors (Lipinski definition) is 1. The van der Waals surface area contributed by atoms with Gasteiger partial charge in [0.05, 0.1) is 21.5 Å². The summed E-state index contributed by atoms with van der Waals surface area (Å²) in [5, 5.41) is 13.9. The van der Waals surface area contributed by atoms with Crippen LogP contribution in [0, 0.1) is 15.9 Å². The van der Waals surface area contributed by atoms with Crippen LogP contribution in [0.5, 0.6) is 0 Å². The SMILES string of the molecule is CN(CC(=O)Nc1cccc(Cl)c1)C(=O)c1cc([N+](=O)[O-])cc(Br)c1F. The van der Waals surface area contributed by atoms with Gasteiger partial charge in [0.25, 0.3) is 11.6 Å². The number of anilines is 1. The van der Waals surface area contributed by atoms with Gasteiger partial charge in [0, 0.05) is 29.9 Å². The molecule has 0 aliphatic rings. The lowest BCUT2D eigenvalue weighted by atomic mass is 10.1. The number of likely N-dealkylation sites (N-methyl/N-ethyl adjacent to an activating group) is 1. The third-order valence-electron chi connectivity index (χ3n) is 3.29. The molecule has 10 heteroatoms. The zero-order valence-corrected chi connectivity index (χ0v) is 15.7. The van der Waals surface area contributed by atoms with Crippen LogP contribution in [0.15, 0.2) is 40.9 Å². The van der Waals surface area contributed by atoms with Gasteiger partial charge in [-0.2, -0.15) is 0 Å². The molecule has 136 valence electrons. The average molecular weight is 445 g/mol. The molecular formula is C16H12BrClFN3O4. The van der Waals surface area contributed by atoms with E-state index in [1.54, 1.807) is 18.2 Å². The van der Waals surface area contributed by atoms with Crippen LogP contribution in [-0.4, -0.2) is 35.2 Å². The predicted molar refractivity (Wildman–Crippen MR) is 97.8 cm³/mol. The van der Waals surface area contributed by atoms with E-state index in [1.165, 1.54) is 13.1 Å². The summed E-state index contributed by atoms with van der Waals surface area (Å²) >= 11 is 8.66. The number of hydrogen-bond acceptors (Lipinski definition) is 4. The molecule has 0 saturated carbocycles. The number of carbonyl (C=O) groups excluding carboxylic acids is 2. The lowest BCUT2D eigenvalue weighted by molar-refractivity contribution is -0.385. The number of halogens is 3. The van der Waals surface area contributed by atoms with Gasteiger partial charge in [-0.1, -0.05) is 17.7 Å². The first-order valence-electron chi connectivity index (χ1n) is 7.13. The molecule has 0 bridgehead atoms. The fourth-order valence-corrected chi connectivity index (χ4v) is 2.73. The standard InChI is InChI=1S/C16H12BrClFN3O4/c1-21(8-14(23)20-10-4-2-3-9(18)5-10)16(24)12-6-11(22(25)26)7-13(17)15(12)19/h2-7H,8H2,1H3,(H,20,23). The van der Waals surface area contributed by atoms with Gasteiger partial charge in [0.2, 0.25) is 5.91 Å². The molecule has 0 aliphatic heterocycles. The van der Waals surface area contributed by atoms with Crippen molar-refractivity contribution in [2.75, 3.05) is 18.9 Å². The highest BCUT2D eigenvalue weighted by Crippen LogP contribution is 2.26. The van der Waals surface area contributed by atoms with E-state index < -0.39 is 33.8 Å². The maximum Gasteiger partial charge on any atom is 0.271 e. The van der Waals surface area contributed by atoms with E-state index in [0.717, 1.165) is 17.0 Å². The minimum absolute atomic E-state index is 0.216.